The fraction of sp³-hybridized carbons (Fsp3) is 0.467. The average Bonchev–Trinajstić information content (AvgIpc) is 2.52. The Labute approximate surface area is 126 Å². The molecular formula is C15H17F2NO4. The molecule has 5 nitrogen and oxygen atoms in total. The van der Waals surface area contributed by atoms with Gasteiger partial charge in [0.1, 0.15) is 6.61 Å². The number of benzene rings is 1. The monoisotopic (exact) mass is 313 g/mol. The molecule has 1 N–H and O–H groups in total. The number of hydrogen-bond donors (Lipinski definition) is 1. The number of carbonyl (C=O) groups excluding carboxylic acids is 1. The van der Waals surface area contributed by atoms with Crippen molar-refractivity contribution >= 4 is 12.1 Å². The topological polar surface area (TPSA) is 66.8 Å². The normalized spacial score (nSPS) is 21.7. The summed E-state index contributed by atoms with van der Waals surface area (Å²) in [4.78, 5) is 23.9. The Bertz CT molecular complexity index is 524. The summed E-state index contributed by atoms with van der Waals surface area (Å²) in [7, 11) is 0. The number of likely N-dealkylation sites (tertiary alicyclic amines) is 1. The van der Waals surface area contributed by atoms with Crippen LogP contribution in [0.15, 0.2) is 30.3 Å². The smallest absolute Gasteiger partial charge is 0.410 e. The first-order chi connectivity index (χ1) is 10.5. The molecule has 1 heterocycles. The Morgan fingerprint density at radius 3 is 2.55 bits per heavy atom. The number of carbonyl (C=O) groups is 2. The molecule has 0 spiro atoms. The first kappa shape index (κ1) is 16.2. The van der Waals surface area contributed by atoms with E-state index in [1.165, 1.54) is 0 Å². The number of aliphatic carboxylic acids is 1. The number of halogens is 2. The molecule has 0 bridgehead atoms. The molecule has 1 fully saturated rings. The third-order valence-corrected chi connectivity index (χ3v) is 3.71. The van der Waals surface area contributed by atoms with Crippen LogP contribution >= 0.6 is 0 Å². The first-order valence-electron chi connectivity index (χ1n) is 6.97. The van der Waals surface area contributed by atoms with E-state index in [2.05, 4.69) is 0 Å². The van der Waals surface area contributed by atoms with E-state index in [0.29, 0.717) is 0 Å². The second kappa shape index (κ2) is 7.20. The van der Waals surface area contributed by atoms with Crippen molar-refractivity contribution in [2.45, 2.75) is 31.9 Å². The Hall–Kier alpha value is -2.18. The van der Waals surface area contributed by atoms with Crippen LogP contribution in [0.3, 0.4) is 0 Å². The number of carboxylic acid groups (broad SMARTS) is 1. The van der Waals surface area contributed by atoms with Crippen LogP contribution in [0.5, 0.6) is 0 Å². The lowest BCUT2D eigenvalue weighted by molar-refractivity contribution is -0.144. The van der Waals surface area contributed by atoms with Gasteiger partial charge in [-0.1, -0.05) is 30.3 Å². The summed E-state index contributed by atoms with van der Waals surface area (Å²) in [6.45, 7) is -0.290. The molecule has 2 unspecified atom stereocenters. The predicted octanol–water partition coefficient (Wildman–Crippen LogP) is 2.75. The molecule has 7 heteroatoms. The highest BCUT2D eigenvalue weighted by atomic mass is 19.3. The zero-order valence-electron chi connectivity index (χ0n) is 11.8. The number of hydrogen-bond acceptors (Lipinski definition) is 3. The highest BCUT2D eigenvalue weighted by molar-refractivity contribution is 5.73. The molecule has 1 amide bonds. The third kappa shape index (κ3) is 3.93. The quantitative estimate of drug-likeness (QED) is 0.928. The van der Waals surface area contributed by atoms with E-state index in [-0.39, 0.29) is 26.0 Å². The molecule has 0 radical (unpaired) electrons. The van der Waals surface area contributed by atoms with E-state index in [9.17, 15) is 18.4 Å². The largest absolute Gasteiger partial charge is 0.481 e. The van der Waals surface area contributed by atoms with E-state index < -0.39 is 30.4 Å². The number of carboxylic acids is 1. The maximum absolute atomic E-state index is 13.0. The summed E-state index contributed by atoms with van der Waals surface area (Å²) in [6.07, 6.45) is -3.54. The molecule has 0 aliphatic carbocycles. The number of alkyl halides is 2. The van der Waals surface area contributed by atoms with Crippen molar-refractivity contribution in [3.63, 3.8) is 0 Å². The molecule has 0 saturated carbocycles. The zero-order valence-corrected chi connectivity index (χ0v) is 11.8. The van der Waals surface area contributed by atoms with Crippen molar-refractivity contribution < 1.29 is 28.2 Å². The Kier molecular flexibility index (Phi) is 5.30. The van der Waals surface area contributed by atoms with Crippen LogP contribution in [-0.4, -0.2) is 41.1 Å². The standard InChI is InChI=1S/C15H17F2NO4/c16-13(17)12-7-6-11(14(19)20)8-18(12)15(21)22-9-10-4-2-1-3-5-10/h1-5,11-13H,6-9H2,(H,19,20). The van der Waals surface area contributed by atoms with Gasteiger partial charge in [0.05, 0.1) is 12.0 Å². The van der Waals surface area contributed by atoms with E-state index in [1.807, 2.05) is 0 Å². The molecule has 2 rings (SSSR count). The second-order valence-corrected chi connectivity index (χ2v) is 5.21. The van der Waals surface area contributed by atoms with E-state index in [1.54, 1.807) is 30.3 Å². The van der Waals surface area contributed by atoms with Gasteiger partial charge in [-0.2, -0.15) is 0 Å². The minimum absolute atomic E-state index is 0.0378. The second-order valence-electron chi connectivity index (χ2n) is 5.21. The minimum Gasteiger partial charge on any atom is -0.481 e. The number of ether oxygens (including phenoxy) is 1. The number of nitrogens with zero attached hydrogens (tertiary/aromatic N) is 1. The van der Waals surface area contributed by atoms with Crippen molar-refractivity contribution in [2.75, 3.05) is 6.54 Å². The maximum Gasteiger partial charge on any atom is 0.410 e. The van der Waals surface area contributed by atoms with Crippen molar-refractivity contribution in [1.82, 2.24) is 4.90 Å². The lowest BCUT2D eigenvalue weighted by Crippen LogP contribution is -2.51. The zero-order chi connectivity index (χ0) is 16.1. The van der Waals surface area contributed by atoms with Crippen LogP contribution in [0.4, 0.5) is 13.6 Å². The van der Waals surface area contributed by atoms with Gasteiger partial charge in [0.15, 0.2) is 0 Å². The van der Waals surface area contributed by atoms with Gasteiger partial charge < -0.3 is 9.84 Å². The summed E-state index contributed by atoms with van der Waals surface area (Å²) in [5, 5.41) is 9.00. The van der Waals surface area contributed by atoms with Gasteiger partial charge in [-0.05, 0) is 18.4 Å². The molecule has 2 atom stereocenters. The summed E-state index contributed by atoms with van der Waals surface area (Å²) >= 11 is 0. The maximum atomic E-state index is 13.0. The minimum atomic E-state index is -2.72. The summed E-state index contributed by atoms with van der Waals surface area (Å²) < 4.78 is 31.1. The Morgan fingerprint density at radius 1 is 1.27 bits per heavy atom. The molecule has 22 heavy (non-hydrogen) atoms. The number of piperidine rings is 1. The average molecular weight is 313 g/mol. The lowest BCUT2D eigenvalue weighted by atomic mass is 9.93. The fourth-order valence-corrected chi connectivity index (χ4v) is 2.47. The van der Waals surface area contributed by atoms with Crippen LogP contribution in [0.1, 0.15) is 18.4 Å². The van der Waals surface area contributed by atoms with E-state index in [0.717, 1.165) is 10.5 Å². The van der Waals surface area contributed by atoms with Gasteiger partial charge in [-0.25, -0.2) is 13.6 Å². The molecular weight excluding hydrogens is 296 g/mol. The Morgan fingerprint density at radius 2 is 1.95 bits per heavy atom. The highest BCUT2D eigenvalue weighted by Crippen LogP contribution is 2.27. The van der Waals surface area contributed by atoms with E-state index >= 15 is 0 Å². The van der Waals surface area contributed by atoms with Gasteiger partial charge in [0.25, 0.3) is 6.43 Å². The third-order valence-electron chi connectivity index (χ3n) is 3.71. The summed E-state index contributed by atoms with van der Waals surface area (Å²) in [5.74, 6) is -1.92. The van der Waals surface area contributed by atoms with Crippen LogP contribution in [0, 0.1) is 5.92 Å². The fourth-order valence-electron chi connectivity index (χ4n) is 2.47. The predicted molar refractivity (Wildman–Crippen MR) is 73.5 cm³/mol. The SMILES string of the molecule is O=C(O)C1CCC(C(F)F)N(C(=O)OCc2ccccc2)C1. The highest BCUT2D eigenvalue weighted by Gasteiger charge is 2.39. The molecule has 1 aliphatic heterocycles. The van der Waals surface area contributed by atoms with E-state index in [4.69, 9.17) is 9.84 Å². The van der Waals surface area contributed by atoms with Crippen molar-refractivity contribution in [3.8, 4) is 0 Å². The van der Waals surface area contributed by atoms with Gasteiger partial charge in [-0.3, -0.25) is 9.69 Å². The number of rotatable bonds is 4. The Balaban J connectivity index is 2.01. The van der Waals surface area contributed by atoms with Crippen LogP contribution < -0.4 is 0 Å². The van der Waals surface area contributed by atoms with Crippen LogP contribution in [0.2, 0.25) is 0 Å². The van der Waals surface area contributed by atoms with Gasteiger partial charge in [-0.15, -0.1) is 0 Å². The number of amides is 1. The van der Waals surface area contributed by atoms with Gasteiger partial charge in [0.2, 0.25) is 0 Å². The molecule has 1 aromatic rings. The van der Waals surface area contributed by atoms with Gasteiger partial charge >= 0.3 is 12.1 Å². The summed E-state index contributed by atoms with van der Waals surface area (Å²) in [6, 6.07) is 7.54. The van der Waals surface area contributed by atoms with Crippen molar-refractivity contribution in [3.05, 3.63) is 35.9 Å². The van der Waals surface area contributed by atoms with Crippen LogP contribution in [-0.2, 0) is 16.1 Å². The summed E-state index contributed by atoms with van der Waals surface area (Å²) in [5.41, 5.74) is 0.733. The molecule has 0 aromatic heterocycles. The van der Waals surface area contributed by atoms with Crippen molar-refractivity contribution in [1.29, 1.82) is 0 Å². The van der Waals surface area contributed by atoms with Gasteiger partial charge in [0, 0.05) is 6.54 Å². The molecule has 120 valence electrons. The molecule has 1 saturated heterocycles. The lowest BCUT2D eigenvalue weighted by Gasteiger charge is -2.36. The van der Waals surface area contributed by atoms with Crippen molar-refractivity contribution in [2.24, 2.45) is 5.92 Å². The molecule has 1 aromatic carbocycles. The molecule has 1 aliphatic rings. The van der Waals surface area contributed by atoms with Crippen LogP contribution in [0.25, 0.3) is 0 Å². The first-order valence-corrected chi connectivity index (χ1v) is 6.97.